The average molecular weight is 219 g/mol. The fourth-order valence-electron chi connectivity index (χ4n) is 1.66. The van der Waals surface area contributed by atoms with Crippen molar-refractivity contribution in [2.75, 3.05) is 18.0 Å². The summed E-state index contributed by atoms with van der Waals surface area (Å²) >= 11 is 0. The molecule has 1 aromatic rings. The number of rotatable bonds is 3. The van der Waals surface area contributed by atoms with Crippen molar-refractivity contribution in [2.45, 2.75) is 6.42 Å². The Kier molecular flexibility index (Phi) is 2.87. The van der Waals surface area contributed by atoms with E-state index in [-0.39, 0.29) is 18.5 Å². The van der Waals surface area contributed by atoms with E-state index < -0.39 is 0 Å². The summed E-state index contributed by atoms with van der Waals surface area (Å²) in [5.74, 6) is -0.225. The molecule has 0 aromatic heterocycles. The molecule has 0 unspecified atom stereocenters. The highest BCUT2D eigenvalue weighted by Gasteiger charge is 2.29. The Hall–Kier alpha value is -1.88. The van der Waals surface area contributed by atoms with Crippen molar-refractivity contribution in [2.24, 2.45) is 5.73 Å². The van der Waals surface area contributed by atoms with Crippen LogP contribution in [0.3, 0.4) is 0 Å². The molecule has 5 heteroatoms. The molecule has 1 aromatic carbocycles. The van der Waals surface area contributed by atoms with E-state index in [1.165, 1.54) is 0 Å². The Labute approximate surface area is 93.2 Å². The minimum atomic E-state index is -0.364. The molecule has 0 aliphatic carbocycles. The summed E-state index contributed by atoms with van der Waals surface area (Å²) in [5.41, 5.74) is 7.13. The van der Waals surface area contributed by atoms with Gasteiger partial charge in [-0.1, -0.05) is 12.1 Å². The van der Waals surface area contributed by atoms with Crippen molar-refractivity contribution in [1.82, 2.24) is 5.32 Å². The molecule has 84 valence electrons. The van der Waals surface area contributed by atoms with E-state index in [0.29, 0.717) is 12.2 Å². The maximum atomic E-state index is 11.4. The summed E-state index contributed by atoms with van der Waals surface area (Å²) in [6, 6.07) is 6.90. The highest BCUT2D eigenvalue weighted by Crippen LogP contribution is 2.17. The van der Waals surface area contributed by atoms with Gasteiger partial charge in [0.1, 0.15) is 0 Å². The second-order valence-corrected chi connectivity index (χ2v) is 3.59. The second kappa shape index (κ2) is 4.32. The molecule has 3 amide bonds. The number of nitrogens with two attached hydrogens (primary N) is 1. The molecular weight excluding hydrogens is 206 g/mol. The van der Waals surface area contributed by atoms with Gasteiger partial charge in [-0.3, -0.25) is 4.79 Å². The SMILES string of the molecule is NCCc1ccc(N2C(=O)CNC2=O)cc1. The lowest BCUT2D eigenvalue weighted by atomic mass is 10.1. The number of imide groups is 1. The number of urea groups is 1. The number of carbonyl (C=O) groups excluding carboxylic acids is 2. The molecule has 5 nitrogen and oxygen atoms in total. The number of amides is 3. The molecule has 1 saturated heterocycles. The summed E-state index contributed by atoms with van der Waals surface area (Å²) in [6.07, 6.45) is 0.792. The highest BCUT2D eigenvalue weighted by molar-refractivity contribution is 6.19. The van der Waals surface area contributed by atoms with Crippen LogP contribution in [-0.2, 0) is 11.2 Å². The zero-order valence-corrected chi connectivity index (χ0v) is 8.77. The zero-order valence-electron chi connectivity index (χ0n) is 8.77. The third-order valence-electron chi connectivity index (χ3n) is 2.47. The molecule has 0 atom stereocenters. The monoisotopic (exact) mass is 219 g/mol. The van der Waals surface area contributed by atoms with Crippen molar-refractivity contribution >= 4 is 17.6 Å². The van der Waals surface area contributed by atoms with E-state index in [0.717, 1.165) is 16.9 Å². The first-order chi connectivity index (χ1) is 7.72. The molecule has 16 heavy (non-hydrogen) atoms. The van der Waals surface area contributed by atoms with Crippen LogP contribution in [-0.4, -0.2) is 25.0 Å². The molecule has 1 aliphatic heterocycles. The predicted molar refractivity (Wildman–Crippen MR) is 60.1 cm³/mol. The van der Waals surface area contributed by atoms with Crippen molar-refractivity contribution in [3.63, 3.8) is 0 Å². The van der Waals surface area contributed by atoms with E-state index in [2.05, 4.69) is 5.32 Å². The van der Waals surface area contributed by atoms with Gasteiger partial charge in [0, 0.05) is 0 Å². The molecule has 0 radical (unpaired) electrons. The molecule has 1 fully saturated rings. The van der Waals surface area contributed by atoms with Gasteiger partial charge in [-0.05, 0) is 30.7 Å². The van der Waals surface area contributed by atoms with Gasteiger partial charge in [0.15, 0.2) is 0 Å². The third kappa shape index (κ3) is 1.90. The summed E-state index contributed by atoms with van der Waals surface area (Å²) in [4.78, 5) is 23.9. The topological polar surface area (TPSA) is 75.4 Å². The van der Waals surface area contributed by atoms with Crippen molar-refractivity contribution in [1.29, 1.82) is 0 Å². The van der Waals surface area contributed by atoms with E-state index in [4.69, 9.17) is 5.73 Å². The van der Waals surface area contributed by atoms with E-state index in [1.54, 1.807) is 12.1 Å². The molecule has 0 saturated carbocycles. The maximum absolute atomic E-state index is 11.4. The van der Waals surface area contributed by atoms with Crippen molar-refractivity contribution in [3.05, 3.63) is 29.8 Å². The predicted octanol–water partition coefficient (Wildman–Crippen LogP) is 0.244. The first-order valence-electron chi connectivity index (χ1n) is 5.12. The number of nitrogens with one attached hydrogen (secondary N) is 1. The molecule has 3 N–H and O–H groups in total. The Morgan fingerprint density at radius 1 is 1.25 bits per heavy atom. The van der Waals surface area contributed by atoms with Crippen LogP contribution in [0.15, 0.2) is 24.3 Å². The third-order valence-corrected chi connectivity index (χ3v) is 2.47. The van der Waals surface area contributed by atoms with Crippen LogP contribution < -0.4 is 16.0 Å². The molecule has 1 aliphatic rings. The first kappa shape index (κ1) is 10.6. The van der Waals surface area contributed by atoms with Gasteiger partial charge >= 0.3 is 6.03 Å². The van der Waals surface area contributed by atoms with Gasteiger partial charge in [0.25, 0.3) is 5.91 Å². The molecule has 1 heterocycles. The van der Waals surface area contributed by atoms with Gasteiger partial charge < -0.3 is 11.1 Å². The van der Waals surface area contributed by atoms with Crippen molar-refractivity contribution in [3.8, 4) is 0 Å². The minimum Gasteiger partial charge on any atom is -0.330 e. The second-order valence-electron chi connectivity index (χ2n) is 3.59. The highest BCUT2D eigenvalue weighted by atomic mass is 16.2. The minimum absolute atomic E-state index is 0.0728. The molecule has 2 rings (SSSR count). The molecule has 0 spiro atoms. The van der Waals surface area contributed by atoms with Gasteiger partial charge in [0.2, 0.25) is 0 Å². The zero-order chi connectivity index (χ0) is 11.5. The Balaban J connectivity index is 2.21. The lowest BCUT2D eigenvalue weighted by Gasteiger charge is -2.12. The van der Waals surface area contributed by atoms with Crippen LogP contribution in [0, 0.1) is 0 Å². The van der Waals surface area contributed by atoms with Crippen LogP contribution in [0.1, 0.15) is 5.56 Å². The fourth-order valence-corrected chi connectivity index (χ4v) is 1.66. The van der Waals surface area contributed by atoms with E-state index in [9.17, 15) is 9.59 Å². The van der Waals surface area contributed by atoms with E-state index >= 15 is 0 Å². The Morgan fingerprint density at radius 2 is 1.94 bits per heavy atom. The van der Waals surface area contributed by atoms with Crippen molar-refractivity contribution < 1.29 is 9.59 Å². The number of carbonyl (C=O) groups is 2. The molecule has 0 bridgehead atoms. The lowest BCUT2D eigenvalue weighted by molar-refractivity contribution is -0.115. The largest absolute Gasteiger partial charge is 0.330 e. The van der Waals surface area contributed by atoms with E-state index in [1.807, 2.05) is 12.1 Å². The summed E-state index contributed by atoms with van der Waals surface area (Å²) in [6.45, 7) is 0.659. The van der Waals surface area contributed by atoms with Gasteiger partial charge in [0.05, 0.1) is 12.2 Å². The summed E-state index contributed by atoms with van der Waals surface area (Å²) < 4.78 is 0. The van der Waals surface area contributed by atoms with Crippen LogP contribution in [0.4, 0.5) is 10.5 Å². The lowest BCUT2D eigenvalue weighted by Crippen LogP contribution is -2.30. The first-order valence-corrected chi connectivity index (χ1v) is 5.12. The van der Waals surface area contributed by atoms with Gasteiger partial charge in [-0.2, -0.15) is 0 Å². The number of anilines is 1. The number of hydrogen-bond acceptors (Lipinski definition) is 3. The maximum Gasteiger partial charge on any atom is 0.329 e. The van der Waals surface area contributed by atoms with Crippen LogP contribution >= 0.6 is 0 Å². The molecular formula is C11H13N3O2. The summed E-state index contributed by atoms with van der Waals surface area (Å²) in [5, 5.41) is 2.48. The van der Waals surface area contributed by atoms with Crippen LogP contribution in [0.2, 0.25) is 0 Å². The van der Waals surface area contributed by atoms with Crippen LogP contribution in [0.25, 0.3) is 0 Å². The fraction of sp³-hybridized carbons (Fsp3) is 0.273. The quantitative estimate of drug-likeness (QED) is 0.715. The Bertz CT molecular complexity index is 398. The average Bonchev–Trinajstić information content (AvgIpc) is 2.61. The number of benzene rings is 1. The standard InChI is InChI=1S/C11H13N3O2/c12-6-5-8-1-3-9(4-2-8)14-10(15)7-13-11(14)16/h1-4H,5-7,12H2,(H,13,16). The smallest absolute Gasteiger partial charge is 0.329 e. The van der Waals surface area contributed by atoms with Crippen LogP contribution in [0.5, 0.6) is 0 Å². The Morgan fingerprint density at radius 3 is 2.44 bits per heavy atom. The number of hydrogen-bond donors (Lipinski definition) is 2. The summed E-state index contributed by atoms with van der Waals surface area (Å²) in [7, 11) is 0. The number of nitrogens with zero attached hydrogens (tertiary/aromatic N) is 1. The van der Waals surface area contributed by atoms with Gasteiger partial charge in [-0.15, -0.1) is 0 Å². The van der Waals surface area contributed by atoms with Gasteiger partial charge in [-0.25, -0.2) is 9.69 Å². The normalized spacial score (nSPS) is 15.4.